The van der Waals surface area contributed by atoms with Crippen molar-refractivity contribution in [3.8, 4) is 5.69 Å². The van der Waals surface area contributed by atoms with Crippen LogP contribution in [0.3, 0.4) is 0 Å². The van der Waals surface area contributed by atoms with Crippen molar-refractivity contribution in [2.24, 2.45) is 0 Å². The van der Waals surface area contributed by atoms with Crippen molar-refractivity contribution in [2.75, 3.05) is 0 Å². The quantitative estimate of drug-likeness (QED) is 0.591. The lowest BCUT2D eigenvalue weighted by Gasteiger charge is -2.01. The molecular weight excluding hydrogens is 304 g/mol. The second-order valence-electron chi connectivity index (χ2n) is 5.36. The molecule has 0 radical (unpaired) electrons. The minimum Gasteiger partial charge on any atom is -0.310 e. The summed E-state index contributed by atoms with van der Waals surface area (Å²) in [5.74, 6) is 0.107. The van der Waals surface area contributed by atoms with Crippen LogP contribution in [-0.2, 0) is 0 Å². The van der Waals surface area contributed by atoms with Crippen LogP contribution in [0.1, 0.15) is 27.4 Å². The minimum absolute atomic E-state index is 0.0623. The predicted octanol–water partition coefficient (Wildman–Crippen LogP) is 2.47. The van der Waals surface area contributed by atoms with Crippen LogP contribution >= 0.6 is 0 Å². The fourth-order valence-corrected chi connectivity index (χ4v) is 2.42. The molecule has 2 aromatic heterocycles. The van der Waals surface area contributed by atoms with Gasteiger partial charge in [0, 0.05) is 11.8 Å². The van der Waals surface area contributed by atoms with Crippen molar-refractivity contribution in [1.29, 1.82) is 0 Å². The Morgan fingerprint density at radius 3 is 2.67 bits per heavy atom. The molecule has 1 aromatic carbocycles. The summed E-state index contributed by atoms with van der Waals surface area (Å²) in [7, 11) is 0. The fraction of sp³-hybridized carbons (Fsp3) is 0.111. The average molecular weight is 320 g/mol. The van der Waals surface area contributed by atoms with Gasteiger partial charge in [0.1, 0.15) is 11.4 Å². The van der Waals surface area contributed by atoms with E-state index in [-0.39, 0.29) is 11.3 Å². The first-order chi connectivity index (χ1) is 11.5. The number of rotatable bonds is 4. The summed E-state index contributed by atoms with van der Waals surface area (Å²) in [5, 5.41) is 4.26. The molecule has 0 unspecified atom stereocenters. The van der Waals surface area contributed by atoms with Crippen molar-refractivity contribution < 1.29 is 4.79 Å². The Kier molecular flexibility index (Phi) is 4.20. The molecule has 120 valence electrons. The van der Waals surface area contributed by atoms with Gasteiger partial charge >= 0.3 is 0 Å². The molecule has 6 nitrogen and oxygen atoms in total. The van der Waals surface area contributed by atoms with Gasteiger partial charge in [-0.05, 0) is 38.1 Å². The van der Waals surface area contributed by atoms with Crippen molar-refractivity contribution in [1.82, 2.24) is 19.7 Å². The molecule has 2 heterocycles. The van der Waals surface area contributed by atoms with E-state index in [4.69, 9.17) is 0 Å². The molecule has 0 spiro atoms. The average Bonchev–Trinajstić information content (AvgIpc) is 3.02. The maximum absolute atomic E-state index is 12.3. The first-order valence-electron chi connectivity index (χ1n) is 7.44. The van der Waals surface area contributed by atoms with Crippen molar-refractivity contribution in [3.63, 3.8) is 0 Å². The van der Waals surface area contributed by atoms with Crippen LogP contribution in [0.4, 0.5) is 0 Å². The Balaban J connectivity index is 1.83. The maximum atomic E-state index is 12.3. The molecule has 3 aromatic rings. The van der Waals surface area contributed by atoms with Gasteiger partial charge in [-0.15, -0.1) is 0 Å². The molecule has 3 rings (SSSR count). The summed E-state index contributed by atoms with van der Waals surface area (Å²) in [6.07, 6.45) is 6.46. The fourth-order valence-electron chi connectivity index (χ4n) is 2.42. The summed E-state index contributed by atoms with van der Waals surface area (Å²) in [6, 6.07) is 9.66. The number of benzene rings is 1. The highest BCUT2D eigenvalue weighted by Gasteiger charge is 2.13. The molecule has 24 heavy (non-hydrogen) atoms. The number of carbonyl (C=O) groups excluding carboxylic acids is 1. The first-order valence-corrected chi connectivity index (χ1v) is 7.44. The number of H-pyrrole nitrogens is 1. The number of ketones is 1. The number of para-hydroxylation sites is 1. The van der Waals surface area contributed by atoms with Crippen LogP contribution in [0.2, 0.25) is 0 Å². The number of allylic oxidation sites excluding steroid dienone is 1. The summed E-state index contributed by atoms with van der Waals surface area (Å²) in [5.41, 5.74) is 1.76. The summed E-state index contributed by atoms with van der Waals surface area (Å²) >= 11 is 0. The maximum Gasteiger partial charge on any atom is 0.262 e. The van der Waals surface area contributed by atoms with Gasteiger partial charge in [0.2, 0.25) is 0 Å². The van der Waals surface area contributed by atoms with Crippen LogP contribution in [0, 0.1) is 13.8 Å². The topological polar surface area (TPSA) is 80.6 Å². The van der Waals surface area contributed by atoms with Gasteiger partial charge in [0.25, 0.3) is 5.56 Å². The van der Waals surface area contributed by atoms with Crippen LogP contribution in [0.5, 0.6) is 0 Å². The molecular formula is C18H16N4O2. The molecule has 0 atom stereocenters. The summed E-state index contributed by atoms with van der Waals surface area (Å²) < 4.78 is 1.72. The molecule has 0 aliphatic rings. The van der Waals surface area contributed by atoms with Crippen molar-refractivity contribution in [2.45, 2.75) is 13.8 Å². The molecule has 0 bridgehead atoms. The van der Waals surface area contributed by atoms with Crippen molar-refractivity contribution in [3.05, 3.63) is 81.8 Å². The van der Waals surface area contributed by atoms with Gasteiger partial charge in [-0.1, -0.05) is 18.2 Å². The Hall–Kier alpha value is -3.28. The van der Waals surface area contributed by atoms with E-state index < -0.39 is 5.56 Å². The zero-order valence-electron chi connectivity index (χ0n) is 13.4. The number of hydrogen-bond acceptors (Lipinski definition) is 4. The lowest BCUT2D eigenvalue weighted by atomic mass is 10.1. The van der Waals surface area contributed by atoms with E-state index in [1.54, 1.807) is 30.8 Å². The molecule has 0 fully saturated rings. The molecule has 6 heteroatoms. The summed E-state index contributed by atoms with van der Waals surface area (Å²) in [4.78, 5) is 30.9. The number of nitrogens with one attached hydrogen (secondary N) is 1. The van der Waals surface area contributed by atoms with E-state index in [0.717, 1.165) is 11.3 Å². The highest BCUT2D eigenvalue weighted by Crippen LogP contribution is 2.09. The van der Waals surface area contributed by atoms with Gasteiger partial charge in [0.05, 0.1) is 17.6 Å². The third-order valence-electron chi connectivity index (χ3n) is 3.52. The first kappa shape index (κ1) is 15.6. The minimum atomic E-state index is -0.422. The molecule has 0 amide bonds. The Morgan fingerprint density at radius 2 is 1.96 bits per heavy atom. The zero-order chi connectivity index (χ0) is 17.1. The number of hydrogen-bond donors (Lipinski definition) is 1. The van der Waals surface area contributed by atoms with E-state index in [2.05, 4.69) is 15.1 Å². The van der Waals surface area contributed by atoms with E-state index in [0.29, 0.717) is 11.5 Å². The lowest BCUT2D eigenvalue weighted by Crippen LogP contribution is -2.21. The van der Waals surface area contributed by atoms with Crippen LogP contribution in [0.15, 0.2) is 53.6 Å². The SMILES string of the molecule is Cc1nc(C)c(C(=O)/C=C/c2cnn(-c3ccccc3)c2)c(=O)[nH]1. The van der Waals surface area contributed by atoms with Gasteiger partial charge in [-0.3, -0.25) is 9.59 Å². The standard InChI is InChI=1S/C18H16N4O2/c1-12-17(18(24)21-13(2)20-12)16(23)9-8-14-10-19-22(11-14)15-6-4-3-5-7-15/h3-11H,1-2H3,(H,20,21,24)/b9-8+. The van der Waals surface area contributed by atoms with Crippen LogP contribution in [-0.4, -0.2) is 25.5 Å². The number of nitrogens with zero attached hydrogens (tertiary/aromatic N) is 3. The Bertz CT molecular complexity index is 968. The van der Waals surface area contributed by atoms with Crippen molar-refractivity contribution >= 4 is 11.9 Å². The monoisotopic (exact) mass is 320 g/mol. The lowest BCUT2D eigenvalue weighted by molar-refractivity contribution is 0.104. The molecule has 0 saturated carbocycles. The normalized spacial score (nSPS) is 11.1. The molecule has 1 N–H and O–H groups in total. The number of carbonyl (C=O) groups is 1. The van der Waals surface area contributed by atoms with Gasteiger partial charge in [-0.25, -0.2) is 9.67 Å². The smallest absolute Gasteiger partial charge is 0.262 e. The molecule has 0 aliphatic heterocycles. The van der Waals surface area contributed by atoms with Gasteiger partial charge < -0.3 is 4.98 Å². The number of aryl methyl sites for hydroxylation is 2. The number of aromatic nitrogens is 4. The van der Waals surface area contributed by atoms with Crippen LogP contribution < -0.4 is 5.56 Å². The van der Waals surface area contributed by atoms with Gasteiger partial charge in [0.15, 0.2) is 5.78 Å². The third kappa shape index (κ3) is 3.22. The Morgan fingerprint density at radius 1 is 1.21 bits per heavy atom. The molecule has 0 saturated heterocycles. The second kappa shape index (κ2) is 6.45. The summed E-state index contributed by atoms with van der Waals surface area (Å²) in [6.45, 7) is 3.33. The zero-order valence-corrected chi connectivity index (χ0v) is 13.4. The predicted molar refractivity (Wildman–Crippen MR) is 91.3 cm³/mol. The van der Waals surface area contributed by atoms with E-state index >= 15 is 0 Å². The van der Waals surface area contributed by atoms with E-state index in [1.165, 1.54) is 6.08 Å². The Labute approximate surface area is 138 Å². The largest absolute Gasteiger partial charge is 0.310 e. The highest BCUT2D eigenvalue weighted by atomic mass is 16.1. The van der Waals surface area contributed by atoms with Crippen LogP contribution in [0.25, 0.3) is 11.8 Å². The highest BCUT2D eigenvalue weighted by molar-refractivity contribution is 6.07. The second-order valence-corrected chi connectivity index (χ2v) is 5.36. The van der Waals surface area contributed by atoms with E-state index in [1.807, 2.05) is 36.5 Å². The van der Waals surface area contributed by atoms with E-state index in [9.17, 15) is 9.59 Å². The number of aromatic amines is 1. The third-order valence-corrected chi connectivity index (χ3v) is 3.52. The molecule has 0 aliphatic carbocycles. The van der Waals surface area contributed by atoms with Gasteiger partial charge in [-0.2, -0.15) is 5.10 Å².